The van der Waals surface area contributed by atoms with E-state index in [1.54, 1.807) is 43.3 Å². The lowest BCUT2D eigenvalue weighted by atomic mass is 10.2. The first-order valence-electron chi connectivity index (χ1n) is 4.56. The molecule has 1 aromatic rings. The second-order valence-electron chi connectivity index (χ2n) is 2.92. The molecule has 0 aliphatic carbocycles. The molecule has 0 spiro atoms. The van der Waals surface area contributed by atoms with E-state index in [9.17, 15) is 4.79 Å². The molecule has 0 saturated heterocycles. The number of ether oxygens (including phenoxy) is 1. The lowest BCUT2D eigenvalue weighted by molar-refractivity contribution is 0.0626. The molecule has 0 aliphatic heterocycles. The summed E-state index contributed by atoms with van der Waals surface area (Å²) < 4.78 is 5.05. The molecular formula is C12H13NO2. The molecule has 0 fully saturated rings. The summed E-state index contributed by atoms with van der Waals surface area (Å²) >= 11 is 0. The molecule has 0 heterocycles. The molecule has 1 aromatic carbocycles. The maximum atomic E-state index is 11.5. The van der Waals surface area contributed by atoms with Gasteiger partial charge in [-0.2, -0.15) is 0 Å². The van der Waals surface area contributed by atoms with Crippen LogP contribution >= 0.6 is 0 Å². The SMILES string of the molecule is C/C(=C\C=C/N)OC(=O)c1ccccc1. The van der Waals surface area contributed by atoms with Crippen molar-refractivity contribution in [3.8, 4) is 0 Å². The Morgan fingerprint density at radius 2 is 2.00 bits per heavy atom. The molecule has 0 saturated carbocycles. The van der Waals surface area contributed by atoms with Crippen LogP contribution in [0.1, 0.15) is 17.3 Å². The van der Waals surface area contributed by atoms with Gasteiger partial charge in [0.05, 0.1) is 5.56 Å². The van der Waals surface area contributed by atoms with E-state index in [4.69, 9.17) is 10.5 Å². The zero-order valence-electron chi connectivity index (χ0n) is 8.51. The quantitative estimate of drug-likeness (QED) is 0.465. The van der Waals surface area contributed by atoms with Crippen LogP contribution in [-0.4, -0.2) is 5.97 Å². The normalized spacial score (nSPS) is 11.7. The van der Waals surface area contributed by atoms with E-state index < -0.39 is 0 Å². The van der Waals surface area contributed by atoms with Gasteiger partial charge in [0.2, 0.25) is 0 Å². The maximum absolute atomic E-state index is 11.5. The fourth-order valence-corrected chi connectivity index (χ4v) is 1.00. The highest BCUT2D eigenvalue weighted by atomic mass is 16.5. The predicted octanol–water partition coefficient (Wildman–Crippen LogP) is 2.22. The Bertz CT molecular complexity index is 380. The number of hydrogen-bond donors (Lipinski definition) is 1. The predicted molar refractivity (Wildman–Crippen MR) is 58.9 cm³/mol. The average molecular weight is 203 g/mol. The molecule has 0 unspecified atom stereocenters. The van der Waals surface area contributed by atoms with E-state index in [0.29, 0.717) is 11.3 Å². The standard InChI is InChI=1S/C12H13NO2/c1-10(6-5-9-13)15-12(14)11-7-3-2-4-8-11/h2-9H,13H2,1H3/b9-5-,10-6+. The number of rotatable bonds is 3. The summed E-state index contributed by atoms with van der Waals surface area (Å²) in [4.78, 5) is 11.5. The van der Waals surface area contributed by atoms with Crippen LogP contribution in [-0.2, 0) is 4.74 Å². The summed E-state index contributed by atoms with van der Waals surface area (Å²) in [6.45, 7) is 1.70. The highest BCUT2D eigenvalue weighted by Gasteiger charge is 2.05. The van der Waals surface area contributed by atoms with Crippen molar-refractivity contribution in [3.05, 3.63) is 60.0 Å². The zero-order valence-corrected chi connectivity index (χ0v) is 8.51. The molecule has 1 rings (SSSR count). The second kappa shape index (κ2) is 5.65. The van der Waals surface area contributed by atoms with Crippen molar-refractivity contribution in [1.82, 2.24) is 0 Å². The fraction of sp³-hybridized carbons (Fsp3) is 0.0833. The van der Waals surface area contributed by atoms with Crippen LogP contribution in [0.25, 0.3) is 0 Å². The Kier molecular flexibility index (Phi) is 4.16. The van der Waals surface area contributed by atoms with Gasteiger partial charge in [-0.15, -0.1) is 0 Å². The minimum atomic E-state index is -0.366. The molecule has 3 heteroatoms. The first-order valence-corrected chi connectivity index (χ1v) is 4.56. The Balaban J connectivity index is 2.64. The molecule has 15 heavy (non-hydrogen) atoms. The van der Waals surface area contributed by atoms with Gasteiger partial charge in [-0.3, -0.25) is 0 Å². The van der Waals surface area contributed by atoms with E-state index in [0.717, 1.165) is 0 Å². The maximum Gasteiger partial charge on any atom is 0.343 e. The van der Waals surface area contributed by atoms with Gasteiger partial charge in [0.25, 0.3) is 0 Å². The minimum Gasteiger partial charge on any atom is -0.428 e. The van der Waals surface area contributed by atoms with Gasteiger partial charge >= 0.3 is 5.97 Å². The molecule has 0 amide bonds. The van der Waals surface area contributed by atoms with E-state index in [2.05, 4.69) is 0 Å². The van der Waals surface area contributed by atoms with Gasteiger partial charge in [0, 0.05) is 0 Å². The topological polar surface area (TPSA) is 52.3 Å². The summed E-state index contributed by atoms with van der Waals surface area (Å²) in [7, 11) is 0. The van der Waals surface area contributed by atoms with Crippen LogP contribution in [0, 0.1) is 0 Å². The van der Waals surface area contributed by atoms with Crippen LogP contribution in [0.3, 0.4) is 0 Å². The van der Waals surface area contributed by atoms with Crippen LogP contribution in [0.2, 0.25) is 0 Å². The number of allylic oxidation sites excluding steroid dienone is 3. The second-order valence-corrected chi connectivity index (χ2v) is 2.92. The zero-order chi connectivity index (χ0) is 11.1. The molecule has 0 aromatic heterocycles. The van der Waals surface area contributed by atoms with E-state index >= 15 is 0 Å². The van der Waals surface area contributed by atoms with Crippen molar-refractivity contribution in [2.24, 2.45) is 5.73 Å². The number of benzene rings is 1. The van der Waals surface area contributed by atoms with Gasteiger partial charge in [0.15, 0.2) is 0 Å². The third-order valence-corrected chi connectivity index (χ3v) is 1.71. The van der Waals surface area contributed by atoms with Crippen LogP contribution in [0.15, 0.2) is 54.4 Å². The Hall–Kier alpha value is -2.03. The van der Waals surface area contributed by atoms with E-state index in [1.807, 2.05) is 6.07 Å². The monoisotopic (exact) mass is 203 g/mol. The Morgan fingerprint density at radius 1 is 1.33 bits per heavy atom. The Morgan fingerprint density at radius 3 is 2.60 bits per heavy atom. The smallest absolute Gasteiger partial charge is 0.343 e. The van der Waals surface area contributed by atoms with Gasteiger partial charge in [0.1, 0.15) is 5.76 Å². The molecular weight excluding hydrogens is 190 g/mol. The van der Waals surface area contributed by atoms with Crippen molar-refractivity contribution >= 4 is 5.97 Å². The van der Waals surface area contributed by atoms with Crippen molar-refractivity contribution in [2.75, 3.05) is 0 Å². The van der Waals surface area contributed by atoms with Gasteiger partial charge in [-0.1, -0.05) is 18.2 Å². The highest BCUT2D eigenvalue weighted by Crippen LogP contribution is 2.05. The van der Waals surface area contributed by atoms with Crippen molar-refractivity contribution in [2.45, 2.75) is 6.92 Å². The molecule has 0 radical (unpaired) electrons. The minimum absolute atomic E-state index is 0.366. The number of hydrogen-bond acceptors (Lipinski definition) is 3. The lowest BCUT2D eigenvalue weighted by Gasteiger charge is -2.02. The molecule has 0 bridgehead atoms. The first-order chi connectivity index (χ1) is 7.24. The van der Waals surface area contributed by atoms with Crippen molar-refractivity contribution in [1.29, 1.82) is 0 Å². The number of nitrogens with two attached hydrogens (primary N) is 1. The fourth-order valence-electron chi connectivity index (χ4n) is 1.00. The number of carbonyl (C=O) groups is 1. The van der Waals surface area contributed by atoms with E-state index in [1.165, 1.54) is 6.20 Å². The van der Waals surface area contributed by atoms with Crippen LogP contribution in [0.4, 0.5) is 0 Å². The van der Waals surface area contributed by atoms with Crippen molar-refractivity contribution < 1.29 is 9.53 Å². The van der Waals surface area contributed by atoms with Crippen molar-refractivity contribution in [3.63, 3.8) is 0 Å². The molecule has 3 nitrogen and oxygen atoms in total. The third kappa shape index (κ3) is 3.68. The molecule has 78 valence electrons. The summed E-state index contributed by atoms with van der Waals surface area (Å²) in [5.74, 6) is 0.139. The van der Waals surface area contributed by atoms with Crippen LogP contribution in [0.5, 0.6) is 0 Å². The number of esters is 1. The first kappa shape index (κ1) is 11.0. The highest BCUT2D eigenvalue weighted by molar-refractivity contribution is 5.89. The summed E-state index contributed by atoms with van der Waals surface area (Å²) in [5.41, 5.74) is 5.68. The van der Waals surface area contributed by atoms with Gasteiger partial charge in [-0.25, -0.2) is 4.79 Å². The van der Waals surface area contributed by atoms with Gasteiger partial charge in [-0.05, 0) is 37.4 Å². The number of carbonyl (C=O) groups excluding carboxylic acids is 1. The molecule has 2 N–H and O–H groups in total. The summed E-state index contributed by atoms with van der Waals surface area (Å²) in [5, 5.41) is 0. The summed E-state index contributed by atoms with van der Waals surface area (Å²) in [6.07, 6.45) is 4.61. The average Bonchev–Trinajstić information content (AvgIpc) is 2.27. The third-order valence-electron chi connectivity index (χ3n) is 1.71. The van der Waals surface area contributed by atoms with Crippen LogP contribution < -0.4 is 5.73 Å². The molecule has 0 aliphatic rings. The van der Waals surface area contributed by atoms with E-state index in [-0.39, 0.29) is 5.97 Å². The molecule has 0 atom stereocenters. The van der Waals surface area contributed by atoms with Gasteiger partial charge < -0.3 is 10.5 Å². The largest absolute Gasteiger partial charge is 0.428 e. The lowest BCUT2D eigenvalue weighted by Crippen LogP contribution is -2.02. The Labute approximate surface area is 88.9 Å². The summed E-state index contributed by atoms with van der Waals surface area (Å²) in [6, 6.07) is 8.82.